The fraction of sp³-hybridized carbons (Fsp3) is 0.647. The Balaban J connectivity index is 2.02. The molecule has 1 aromatic carbocycles. The number of rotatable bonds is 3. The summed E-state index contributed by atoms with van der Waals surface area (Å²) in [5.41, 5.74) is 2.42. The Morgan fingerprint density at radius 1 is 1.14 bits per heavy atom. The number of hydrogen-bond acceptors (Lipinski definition) is 3. The van der Waals surface area contributed by atoms with E-state index in [1.807, 2.05) is 12.1 Å². The summed E-state index contributed by atoms with van der Waals surface area (Å²) >= 11 is 0. The minimum absolute atomic E-state index is 0.352. The van der Waals surface area contributed by atoms with Crippen molar-refractivity contribution in [3.63, 3.8) is 0 Å². The first-order valence-electron chi connectivity index (χ1n) is 8.22. The van der Waals surface area contributed by atoms with E-state index in [2.05, 4.69) is 6.92 Å². The van der Waals surface area contributed by atoms with Crippen LogP contribution in [0.15, 0.2) is 17.0 Å². The maximum Gasteiger partial charge on any atom is 0.246 e. The van der Waals surface area contributed by atoms with Gasteiger partial charge in [-0.25, -0.2) is 8.42 Å². The fourth-order valence-corrected chi connectivity index (χ4v) is 5.39. The lowest BCUT2D eigenvalue weighted by molar-refractivity contribution is 0.280. The Morgan fingerprint density at radius 2 is 1.82 bits per heavy atom. The molecule has 22 heavy (non-hydrogen) atoms. The SMILES string of the molecule is COc1cc2c(cc1S(=O)(=O)N1CCCC(C)C1)CCCC2. The highest BCUT2D eigenvalue weighted by molar-refractivity contribution is 7.89. The van der Waals surface area contributed by atoms with E-state index >= 15 is 0 Å². The maximum absolute atomic E-state index is 13.0. The highest BCUT2D eigenvalue weighted by Gasteiger charge is 2.32. The van der Waals surface area contributed by atoms with Gasteiger partial charge in [-0.1, -0.05) is 6.92 Å². The van der Waals surface area contributed by atoms with Crippen LogP contribution in [0.5, 0.6) is 5.75 Å². The second-order valence-electron chi connectivity index (χ2n) is 6.59. The predicted octanol–water partition coefficient (Wildman–Crippen LogP) is 2.99. The molecule has 122 valence electrons. The normalized spacial score (nSPS) is 23.1. The molecule has 0 amide bonds. The minimum atomic E-state index is -3.46. The lowest BCUT2D eigenvalue weighted by Gasteiger charge is -2.31. The van der Waals surface area contributed by atoms with Gasteiger partial charge in [0.25, 0.3) is 0 Å². The third kappa shape index (κ3) is 2.88. The number of benzene rings is 1. The molecule has 1 fully saturated rings. The van der Waals surface area contributed by atoms with Gasteiger partial charge in [-0.05, 0) is 67.7 Å². The Labute approximate surface area is 133 Å². The van der Waals surface area contributed by atoms with Crippen LogP contribution in [-0.4, -0.2) is 32.9 Å². The predicted molar refractivity (Wildman–Crippen MR) is 86.8 cm³/mol. The number of ether oxygens (including phenoxy) is 1. The van der Waals surface area contributed by atoms with Gasteiger partial charge in [-0.3, -0.25) is 0 Å². The number of sulfonamides is 1. The van der Waals surface area contributed by atoms with Gasteiger partial charge in [-0.15, -0.1) is 0 Å². The molecule has 5 heteroatoms. The Bertz CT molecular complexity index is 654. The van der Waals surface area contributed by atoms with Crippen LogP contribution in [0.3, 0.4) is 0 Å². The van der Waals surface area contributed by atoms with E-state index in [-0.39, 0.29) is 0 Å². The first-order chi connectivity index (χ1) is 10.5. The number of fused-ring (bicyclic) bond motifs is 1. The molecular weight excluding hydrogens is 298 g/mol. The summed E-state index contributed by atoms with van der Waals surface area (Å²) < 4.78 is 33.1. The van der Waals surface area contributed by atoms with Gasteiger partial charge < -0.3 is 4.74 Å². The zero-order valence-electron chi connectivity index (χ0n) is 13.5. The van der Waals surface area contributed by atoms with Gasteiger partial charge in [0.1, 0.15) is 10.6 Å². The molecular formula is C17H25NO3S. The molecule has 0 bridgehead atoms. The van der Waals surface area contributed by atoms with Crippen molar-refractivity contribution in [3.8, 4) is 5.75 Å². The van der Waals surface area contributed by atoms with Crippen LogP contribution in [0.1, 0.15) is 43.7 Å². The van der Waals surface area contributed by atoms with Crippen LogP contribution in [-0.2, 0) is 22.9 Å². The second-order valence-corrected chi connectivity index (χ2v) is 8.50. The quantitative estimate of drug-likeness (QED) is 0.859. The minimum Gasteiger partial charge on any atom is -0.495 e. The molecule has 0 N–H and O–H groups in total. The molecule has 0 spiro atoms. The van der Waals surface area contributed by atoms with Crippen LogP contribution in [0, 0.1) is 5.92 Å². The monoisotopic (exact) mass is 323 g/mol. The second kappa shape index (κ2) is 6.20. The van der Waals surface area contributed by atoms with Crippen LogP contribution >= 0.6 is 0 Å². The van der Waals surface area contributed by atoms with Crippen molar-refractivity contribution in [2.45, 2.75) is 50.3 Å². The average Bonchev–Trinajstić information content (AvgIpc) is 2.53. The Kier molecular flexibility index (Phi) is 4.46. The maximum atomic E-state index is 13.0. The van der Waals surface area contributed by atoms with E-state index in [0.717, 1.165) is 32.1 Å². The molecule has 1 unspecified atom stereocenters. The summed E-state index contributed by atoms with van der Waals surface area (Å²) in [6.07, 6.45) is 6.34. The first-order valence-corrected chi connectivity index (χ1v) is 9.66. The van der Waals surface area contributed by atoms with Crippen LogP contribution in [0.2, 0.25) is 0 Å². The molecule has 1 saturated heterocycles. The number of methoxy groups -OCH3 is 1. The lowest BCUT2D eigenvalue weighted by Crippen LogP contribution is -2.39. The smallest absolute Gasteiger partial charge is 0.246 e. The topological polar surface area (TPSA) is 46.6 Å². The van der Waals surface area contributed by atoms with E-state index in [1.54, 1.807) is 11.4 Å². The summed E-state index contributed by atoms with van der Waals surface area (Å²) in [6.45, 7) is 3.35. The van der Waals surface area contributed by atoms with Gasteiger partial charge in [0.15, 0.2) is 0 Å². The van der Waals surface area contributed by atoms with E-state index in [4.69, 9.17) is 4.74 Å². The summed E-state index contributed by atoms with van der Waals surface area (Å²) in [7, 11) is -1.90. The average molecular weight is 323 g/mol. The van der Waals surface area contributed by atoms with Crippen LogP contribution < -0.4 is 4.74 Å². The van der Waals surface area contributed by atoms with Gasteiger partial charge in [-0.2, -0.15) is 4.31 Å². The largest absolute Gasteiger partial charge is 0.495 e. The summed E-state index contributed by atoms with van der Waals surface area (Å²) in [5, 5.41) is 0. The van der Waals surface area contributed by atoms with E-state index in [9.17, 15) is 8.42 Å². The third-order valence-corrected chi connectivity index (χ3v) is 6.75. The third-order valence-electron chi connectivity index (χ3n) is 4.87. The van der Waals surface area contributed by atoms with Crippen LogP contribution in [0.4, 0.5) is 0 Å². The molecule has 1 aliphatic heterocycles. The van der Waals surface area contributed by atoms with Gasteiger partial charge in [0.05, 0.1) is 7.11 Å². The van der Waals surface area contributed by atoms with Crippen molar-refractivity contribution in [2.75, 3.05) is 20.2 Å². The number of hydrogen-bond donors (Lipinski definition) is 0. The van der Waals surface area contributed by atoms with Crippen molar-refractivity contribution in [3.05, 3.63) is 23.3 Å². The van der Waals surface area contributed by atoms with Crippen molar-refractivity contribution in [1.82, 2.24) is 4.31 Å². The highest BCUT2D eigenvalue weighted by Crippen LogP contribution is 2.34. The summed E-state index contributed by atoms with van der Waals surface area (Å²) in [6, 6.07) is 3.80. The molecule has 1 aromatic rings. The lowest BCUT2D eigenvalue weighted by atomic mass is 9.92. The van der Waals surface area contributed by atoms with E-state index in [1.165, 1.54) is 17.5 Å². The Morgan fingerprint density at radius 3 is 2.45 bits per heavy atom. The fourth-order valence-electron chi connectivity index (χ4n) is 3.61. The van der Waals surface area contributed by atoms with Crippen molar-refractivity contribution < 1.29 is 13.2 Å². The molecule has 1 heterocycles. The van der Waals surface area contributed by atoms with Gasteiger partial charge >= 0.3 is 0 Å². The molecule has 0 aromatic heterocycles. The summed E-state index contributed by atoms with van der Waals surface area (Å²) in [5.74, 6) is 0.922. The number of piperidine rings is 1. The number of nitrogens with zero attached hydrogens (tertiary/aromatic N) is 1. The van der Waals surface area contributed by atoms with E-state index < -0.39 is 10.0 Å². The molecule has 0 saturated carbocycles. The molecule has 0 radical (unpaired) electrons. The molecule has 1 aliphatic carbocycles. The molecule has 4 nitrogen and oxygen atoms in total. The van der Waals surface area contributed by atoms with Gasteiger partial charge in [0, 0.05) is 13.1 Å². The van der Waals surface area contributed by atoms with Crippen molar-refractivity contribution >= 4 is 10.0 Å². The molecule has 1 atom stereocenters. The highest BCUT2D eigenvalue weighted by atomic mass is 32.2. The van der Waals surface area contributed by atoms with Gasteiger partial charge in [0.2, 0.25) is 10.0 Å². The molecule has 3 rings (SSSR count). The van der Waals surface area contributed by atoms with E-state index in [0.29, 0.717) is 29.7 Å². The first kappa shape index (κ1) is 15.8. The molecule has 2 aliphatic rings. The van der Waals surface area contributed by atoms with Crippen molar-refractivity contribution in [2.24, 2.45) is 5.92 Å². The number of aryl methyl sites for hydroxylation is 2. The standard InChI is InChI=1S/C17H25NO3S/c1-13-6-5-9-18(12-13)22(19,20)17-11-15-8-4-3-7-14(15)10-16(17)21-2/h10-11,13H,3-9,12H2,1-2H3. The van der Waals surface area contributed by atoms with Crippen LogP contribution in [0.25, 0.3) is 0 Å². The summed E-state index contributed by atoms with van der Waals surface area (Å²) in [4.78, 5) is 0.352. The van der Waals surface area contributed by atoms with Crippen molar-refractivity contribution in [1.29, 1.82) is 0 Å². The zero-order chi connectivity index (χ0) is 15.7. The Hall–Kier alpha value is -1.07. The zero-order valence-corrected chi connectivity index (χ0v) is 14.3.